The van der Waals surface area contributed by atoms with Gasteiger partial charge in [-0.2, -0.15) is 4.68 Å². The number of hydrogen-bond acceptors (Lipinski definition) is 8. The molecule has 26 heavy (non-hydrogen) atoms. The maximum Gasteiger partial charge on any atom is 0.279 e. The van der Waals surface area contributed by atoms with Crippen LogP contribution in [0.25, 0.3) is 5.69 Å². The Morgan fingerprint density at radius 2 is 1.85 bits per heavy atom. The molecule has 0 bridgehead atoms. The molecule has 0 aliphatic rings. The highest BCUT2D eigenvalue weighted by atomic mass is 32.2. The SMILES string of the molecule is Cc1c(CSc2nnnn2-c2ccccc2)cc([N+](=O)[O-])cc1[N+](=O)[O-]. The van der Waals surface area contributed by atoms with Gasteiger partial charge in [-0.25, -0.2) is 0 Å². The van der Waals surface area contributed by atoms with Crippen LogP contribution in [0.4, 0.5) is 11.4 Å². The molecule has 0 atom stereocenters. The van der Waals surface area contributed by atoms with Gasteiger partial charge in [0.05, 0.1) is 21.6 Å². The molecule has 0 saturated carbocycles. The van der Waals surface area contributed by atoms with Gasteiger partial charge in [-0.1, -0.05) is 30.0 Å². The molecule has 0 aliphatic heterocycles. The second kappa shape index (κ2) is 7.27. The van der Waals surface area contributed by atoms with E-state index in [2.05, 4.69) is 15.5 Å². The van der Waals surface area contributed by atoms with Crippen LogP contribution in [0.2, 0.25) is 0 Å². The summed E-state index contributed by atoms with van der Waals surface area (Å²) in [5, 5.41) is 34.2. The minimum Gasteiger partial charge on any atom is -0.258 e. The van der Waals surface area contributed by atoms with Gasteiger partial charge >= 0.3 is 0 Å². The molecule has 3 aromatic rings. The first-order chi connectivity index (χ1) is 12.5. The van der Waals surface area contributed by atoms with Crippen molar-refractivity contribution >= 4 is 23.1 Å². The van der Waals surface area contributed by atoms with Crippen LogP contribution in [0.5, 0.6) is 0 Å². The van der Waals surface area contributed by atoms with Crippen molar-refractivity contribution < 1.29 is 9.85 Å². The molecule has 0 saturated heterocycles. The second-order valence-electron chi connectivity index (χ2n) is 5.26. The lowest BCUT2D eigenvalue weighted by Gasteiger charge is -2.07. The van der Waals surface area contributed by atoms with Crippen molar-refractivity contribution in [3.8, 4) is 5.69 Å². The number of para-hydroxylation sites is 1. The number of hydrogen-bond donors (Lipinski definition) is 0. The molecule has 132 valence electrons. The average molecular weight is 372 g/mol. The van der Waals surface area contributed by atoms with E-state index in [0.29, 0.717) is 16.3 Å². The summed E-state index contributed by atoms with van der Waals surface area (Å²) in [6, 6.07) is 11.5. The van der Waals surface area contributed by atoms with Crippen LogP contribution in [-0.2, 0) is 5.75 Å². The van der Waals surface area contributed by atoms with Crippen LogP contribution >= 0.6 is 11.8 Å². The lowest BCUT2D eigenvalue weighted by atomic mass is 10.1. The van der Waals surface area contributed by atoms with Gasteiger partial charge in [-0.3, -0.25) is 20.2 Å². The number of nitrogens with zero attached hydrogens (tertiary/aromatic N) is 6. The van der Waals surface area contributed by atoms with Crippen LogP contribution in [0.1, 0.15) is 11.1 Å². The second-order valence-corrected chi connectivity index (χ2v) is 6.20. The summed E-state index contributed by atoms with van der Waals surface area (Å²) >= 11 is 1.24. The number of non-ortho nitro benzene ring substituents is 1. The van der Waals surface area contributed by atoms with Gasteiger partial charge in [0.15, 0.2) is 0 Å². The van der Waals surface area contributed by atoms with Crippen molar-refractivity contribution in [3.63, 3.8) is 0 Å². The third-order valence-corrected chi connectivity index (χ3v) is 4.65. The van der Waals surface area contributed by atoms with Crippen molar-refractivity contribution in [1.29, 1.82) is 0 Å². The molecule has 0 fully saturated rings. The lowest BCUT2D eigenvalue weighted by Crippen LogP contribution is -2.01. The van der Waals surface area contributed by atoms with Crippen LogP contribution < -0.4 is 0 Å². The molecule has 0 amide bonds. The Morgan fingerprint density at radius 1 is 1.12 bits per heavy atom. The number of nitro benzene ring substituents is 2. The highest BCUT2D eigenvalue weighted by Crippen LogP contribution is 2.32. The van der Waals surface area contributed by atoms with E-state index in [1.165, 1.54) is 22.5 Å². The average Bonchev–Trinajstić information content (AvgIpc) is 3.09. The quantitative estimate of drug-likeness (QED) is 0.366. The molecular formula is C15H12N6O4S. The van der Waals surface area contributed by atoms with E-state index in [9.17, 15) is 20.2 Å². The first-order valence-corrected chi connectivity index (χ1v) is 8.35. The van der Waals surface area contributed by atoms with Crippen LogP contribution in [0.15, 0.2) is 47.6 Å². The Hall–Kier alpha value is -3.34. The Kier molecular flexibility index (Phi) is 4.89. The summed E-state index contributed by atoms with van der Waals surface area (Å²) in [5.41, 5.74) is 1.03. The number of nitro groups is 2. The van der Waals surface area contributed by atoms with E-state index in [1.54, 1.807) is 6.92 Å². The van der Waals surface area contributed by atoms with Crippen molar-refractivity contribution in [2.75, 3.05) is 0 Å². The number of thioether (sulfide) groups is 1. The van der Waals surface area contributed by atoms with Crippen molar-refractivity contribution in [1.82, 2.24) is 20.2 Å². The zero-order chi connectivity index (χ0) is 18.7. The maximum atomic E-state index is 11.2. The van der Waals surface area contributed by atoms with E-state index in [0.717, 1.165) is 11.8 Å². The van der Waals surface area contributed by atoms with Crippen molar-refractivity contribution in [2.24, 2.45) is 0 Å². The summed E-state index contributed by atoms with van der Waals surface area (Å²) in [4.78, 5) is 20.9. The molecule has 3 rings (SSSR count). The van der Waals surface area contributed by atoms with Gasteiger partial charge in [-0.05, 0) is 35.0 Å². The predicted molar refractivity (Wildman–Crippen MR) is 93.2 cm³/mol. The highest BCUT2D eigenvalue weighted by Gasteiger charge is 2.22. The summed E-state index contributed by atoms with van der Waals surface area (Å²) in [6.07, 6.45) is 0. The van der Waals surface area contributed by atoms with E-state index in [1.807, 2.05) is 30.3 Å². The first kappa shape index (κ1) is 17.5. The van der Waals surface area contributed by atoms with Crippen LogP contribution in [-0.4, -0.2) is 30.1 Å². The van der Waals surface area contributed by atoms with E-state index in [4.69, 9.17) is 0 Å². The standard InChI is InChI=1S/C15H12N6O4S/c1-10-11(7-13(20(22)23)8-14(10)21(24)25)9-26-15-16-17-18-19(15)12-5-3-2-4-6-12/h2-8H,9H2,1H3. The fourth-order valence-electron chi connectivity index (χ4n) is 2.33. The van der Waals surface area contributed by atoms with Gasteiger partial charge in [0.2, 0.25) is 5.16 Å². The minimum absolute atomic E-state index is 0.252. The highest BCUT2D eigenvalue weighted by molar-refractivity contribution is 7.98. The molecule has 0 spiro atoms. The molecule has 0 N–H and O–H groups in total. The summed E-state index contributed by atoms with van der Waals surface area (Å²) in [6.45, 7) is 1.57. The number of tetrazole rings is 1. The molecule has 11 heteroatoms. The van der Waals surface area contributed by atoms with Gasteiger partial charge in [0.1, 0.15) is 0 Å². The van der Waals surface area contributed by atoms with E-state index in [-0.39, 0.29) is 17.1 Å². The molecule has 1 aromatic heterocycles. The molecular weight excluding hydrogens is 360 g/mol. The zero-order valence-electron chi connectivity index (χ0n) is 13.5. The Morgan fingerprint density at radius 3 is 2.50 bits per heavy atom. The lowest BCUT2D eigenvalue weighted by molar-refractivity contribution is -0.394. The fourth-order valence-corrected chi connectivity index (χ4v) is 3.27. The van der Waals surface area contributed by atoms with Gasteiger partial charge < -0.3 is 0 Å². The molecule has 1 heterocycles. The number of rotatable bonds is 6. The van der Waals surface area contributed by atoms with Crippen molar-refractivity contribution in [3.05, 3.63) is 73.8 Å². The Balaban J connectivity index is 1.90. The van der Waals surface area contributed by atoms with Gasteiger partial charge in [-0.15, -0.1) is 5.10 Å². The summed E-state index contributed by atoms with van der Waals surface area (Å²) in [7, 11) is 0. The van der Waals surface area contributed by atoms with Crippen LogP contribution in [0, 0.1) is 27.2 Å². The molecule has 0 aliphatic carbocycles. The van der Waals surface area contributed by atoms with Crippen molar-refractivity contribution in [2.45, 2.75) is 17.8 Å². The smallest absolute Gasteiger partial charge is 0.258 e. The van der Waals surface area contributed by atoms with Gasteiger partial charge in [0.25, 0.3) is 11.4 Å². The first-order valence-electron chi connectivity index (χ1n) is 7.36. The normalized spacial score (nSPS) is 10.7. The number of benzene rings is 2. The molecule has 0 unspecified atom stereocenters. The third kappa shape index (κ3) is 3.52. The third-order valence-electron chi connectivity index (χ3n) is 3.68. The predicted octanol–water partition coefficient (Wildman–Crippen LogP) is 3.08. The Bertz CT molecular complexity index is 976. The monoisotopic (exact) mass is 372 g/mol. The minimum atomic E-state index is -0.644. The number of aromatic nitrogens is 4. The summed E-state index contributed by atoms with van der Waals surface area (Å²) in [5.74, 6) is 0.252. The maximum absolute atomic E-state index is 11.2. The largest absolute Gasteiger partial charge is 0.279 e. The molecule has 2 aromatic carbocycles. The van der Waals surface area contributed by atoms with Crippen LogP contribution in [0.3, 0.4) is 0 Å². The molecule has 10 nitrogen and oxygen atoms in total. The summed E-state index contributed by atoms with van der Waals surface area (Å²) < 4.78 is 1.53. The van der Waals surface area contributed by atoms with Gasteiger partial charge in [0, 0.05) is 17.4 Å². The topological polar surface area (TPSA) is 130 Å². The molecule has 0 radical (unpaired) electrons. The van der Waals surface area contributed by atoms with E-state index < -0.39 is 9.85 Å². The van der Waals surface area contributed by atoms with E-state index >= 15 is 0 Å². The Labute approximate surface area is 151 Å². The fraction of sp³-hybridized carbons (Fsp3) is 0.133. The zero-order valence-corrected chi connectivity index (χ0v) is 14.3.